The van der Waals surface area contributed by atoms with Crippen LogP contribution in [0.2, 0.25) is 5.02 Å². The van der Waals surface area contributed by atoms with Crippen LogP contribution in [0.5, 0.6) is 5.88 Å². The third-order valence-electron chi connectivity index (χ3n) is 3.17. The van der Waals surface area contributed by atoms with Crippen molar-refractivity contribution < 1.29 is 9.53 Å². The summed E-state index contributed by atoms with van der Waals surface area (Å²) in [7, 11) is 0. The average Bonchev–Trinajstić information content (AvgIpc) is 2.98. The van der Waals surface area contributed by atoms with Gasteiger partial charge in [0.25, 0.3) is 5.91 Å². The molecular weight excluding hydrogens is 318 g/mol. The van der Waals surface area contributed by atoms with E-state index >= 15 is 0 Å². The lowest BCUT2D eigenvalue weighted by atomic mass is 10.3. The van der Waals surface area contributed by atoms with Crippen LogP contribution in [0.4, 0.5) is 0 Å². The summed E-state index contributed by atoms with van der Waals surface area (Å²) in [6, 6.07) is 3.51. The molecule has 1 amide bonds. The van der Waals surface area contributed by atoms with Gasteiger partial charge >= 0.3 is 0 Å². The second-order valence-electron chi connectivity index (χ2n) is 5.17. The molecule has 2 aromatic rings. The summed E-state index contributed by atoms with van der Waals surface area (Å²) in [5, 5.41) is 11.0. The smallest absolute Gasteiger partial charge is 0.271 e. The van der Waals surface area contributed by atoms with Crippen molar-refractivity contribution >= 4 is 17.5 Å². The molecule has 1 N–H and O–H groups in total. The van der Waals surface area contributed by atoms with Crippen LogP contribution < -0.4 is 10.1 Å². The number of ether oxygens (including phenoxy) is 1. The number of carbonyl (C=O) groups excluding carboxylic acids is 1. The van der Waals surface area contributed by atoms with Crippen molar-refractivity contribution in [3.05, 3.63) is 35.0 Å². The molecule has 0 radical (unpaired) electrons. The molecule has 0 spiro atoms. The second-order valence-corrected chi connectivity index (χ2v) is 5.57. The minimum Gasteiger partial charge on any atom is -0.478 e. The molecule has 124 valence electrons. The summed E-state index contributed by atoms with van der Waals surface area (Å²) < 4.78 is 7.25. The van der Waals surface area contributed by atoms with E-state index in [1.165, 1.54) is 0 Å². The fourth-order valence-electron chi connectivity index (χ4n) is 2.06. The lowest BCUT2D eigenvalue weighted by Crippen LogP contribution is -2.27. The Hall–Kier alpha value is -2.15. The van der Waals surface area contributed by atoms with Crippen LogP contribution in [-0.4, -0.2) is 38.8 Å². The first-order valence-corrected chi connectivity index (χ1v) is 7.86. The molecular formula is C15H20ClN5O2. The van der Waals surface area contributed by atoms with E-state index in [4.69, 9.17) is 16.3 Å². The Bertz CT molecular complexity index is 672. The molecule has 2 rings (SSSR count). The molecule has 0 saturated heterocycles. The number of nitrogens with zero attached hydrogens (tertiary/aromatic N) is 4. The van der Waals surface area contributed by atoms with Gasteiger partial charge in [-0.2, -0.15) is 0 Å². The minimum atomic E-state index is -0.341. The second kappa shape index (κ2) is 7.92. The van der Waals surface area contributed by atoms with Gasteiger partial charge < -0.3 is 14.6 Å². The first-order chi connectivity index (χ1) is 11.0. The van der Waals surface area contributed by atoms with Crippen molar-refractivity contribution in [3.8, 4) is 5.88 Å². The molecule has 2 heterocycles. The standard InChI is InChI=1S/C15H20ClN5O2/c1-4-23-13-6-5-11(16)14(19-13)15(22)17-8-7-12-20-18-9-21(12)10(2)3/h5-6,9-10H,4,7-8H2,1-3H3,(H,17,22). The molecule has 0 bridgehead atoms. The van der Waals surface area contributed by atoms with E-state index < -0.39 is 0 Å². The Morgan fingerprint density at radius 2 is 2.22 bits per heavy atom. The Labute approximate surface area is 140 Å². The third-order valence-corrected chi connectivity index (χ3v) is 3.47. The fourth-order valence-corrected chi connectivity index (χ4v) is 2.25. The monoisotopic (exact) mass is 337 g/mol. The highest BCUT2D eigenvalue weighted by molar-refractivity contribution is 6.33. The number of rotatable bonds is 7. The SMILES string of the molecule is CCOc1ccc(Cl)c(C(=O)NCCc2nncn2C(C)C)n1. The molecule has 0 aliphatic carbocycles. The van der Waals surface area contributed by atoms with Gasteiger partial charge in [-0.25, -0.2) is 4.98 Å². The summed E-state index contributed by atoms with van der Waals surface area (Å²) >= 11 is 6.03. The van der Waals surface area contributed by atoms with Gasteiger partial charge in [0, 0.05) is 25.1 Å². The van der Waals surface area contributed by atoms with Gasteiger partial charge in [-0.3, -0.25) is 4.79 Å². The zero-order valence-electron chi connectivity index (χ0n) is 13.4. The molecule has 0 aromatic carbocycles. The van der Waals surface area contributed by atoms with Gasteiger partial charge in [0.15, 0.2) is 5.69 Å². The van der Waals surface area contributed by atoms with Crippen molar-refractivity contribution in [2.75, 3.05) is 13.2 Å². The summed E-state index contributed by atoms with van der Waals surface area (Å²) in [5.74, 6) is 0.858. The van der Waals surface area contributed by atoms with Gasteiger partial charge in [0.05, 0.1) is 11.6 Å². The highest BCUT2D eigenvalue weighted by Gasteiger charge is 2.14. The van der Waals surface area contributed by atoms with E-state index in [0.29, 0.717) is 25.5 Å². The van der Waals surface area contributed by atoms with E-state index in [-0.39, 0.29) is 22.7 Å². The van der Waals surface area contributed by atoms with E-state index in [1.54, 1.807) is 18.5 Å². The van der Waals surface area contributed by atoms with Crippen LogP contribution in [0.3, 0.4) is 0 Å². The lowest BCUT2D eigenvalue weighted by Gasteiger charge is -2.11. The number of carbonyl (C=O) groups is 1. The topological polar surface area (TPSA) is 81.9 Å². The predicted molar refractivity (Wildman–Crippen MR) is 86.9 cm³/mol. The molecule has 0 saturated carbocycles. The fraction of sp³-hybridized carbons (Fsp3) is 0.467. The van der Waals surface area contributed by atoms with Crippen molar-refractivity contribution in [1.82, 2.24) is 25.1 Å². The van der Waals surface area contributed by atoms with Crippen LogP contribution in [0, 0.1) is 0 Å². The molecule has 23 heavy (non-hydrogen) atoms. The van der Waals surface area contributed by atoms with E-state index in [9.17, 15) is 4.79 Å². The molecule has 0 aliphatic rings. The summed E-state index contributed by atoms with van der Waals surface area (Å²) in [6.45, 7) is 6.84. The molecule has 0 atom stereocenters. The van der Waals surface area contributed by atoms with E-state index in [2.05, 4.69) is 20.5 Å². The first kappa shape index (κ1) is 17.2. The number of halogens is 1. The molecule has 8 heteroatoms. The summed E-state index contributed by atoms with van der Waals surface area (Å²) in [6.07, 6.45) is 2.26. The first-order valence-electron chi connectivity index (χ1n) is 7.48. The zero-order chi connectivity index (χ0) is 16.8. The number of hydrogen-bond donors (Lipinski definition) is 1. The highest BCUT2D eigenvalue weighted by Crippen LogP contribution is 2.18. The number of pyridine rings is 1. The number of aromatic nitrogens is 4. The van der Waals surface area contributed by atoms with Crippen molar-refractivity contribution in [2.24, 2.45) is 0 Å². The zero-order valence-corrected chi connectivity index (χ0v) is 14.2. The van der Waals surface area contributed by atoms with Crippen LogP contribution in [-0.2, 0) is 6.42 Å². The number of amides is 1. The van der Waals surface area contributed by atoms with Gasteiger partial charge in [-0.15, -0.1) is 10.2 Å². The van der Waals surface area contributed by atoms with Crippen LogP contribution in [0.15, 0.2) is 18.5 Å². The van der Waals surface area contributed by atoms with Crippen LogP contribution in [0.1, 0.15) is 43.1 Å². The summed E-state index contributed by atoms with van der Waals surface area (Å²) in [4.78, 5) is 16.3. The van der Waals surface area contributed by atoms with Crippen molar-refractivity contribution in [2.45, 2.75) is 33.2 Å². The molecule has 7 nitrogen and oxygen atoms in total. The average molecular weight is 338 g/mol. The van der Waals surface area contributed by atoms with E-state index in [0.717, 1.165) is 5.82 Å². The predicted octanol–water partition coefficient (Wildman–Crippen LogP) is 2.28. The quantitative estimate of drug-likeness (QED) is 0.838. The number of nitrogens with one attached hydrogen (secondary N) is 1. The molecule has 0 aliphatic heterocycles. The molecule has 0 unspecified atom stereocenters. The Morgan fingerprint density at radius 3 is 2.91 bits per heavy atom. The van der Waals surface area contributed by atoms with Crippen LogP contribution >= 0.6 is 11.6 Å². The largest absolute Gasteiger partial charge is 0.478 e. The number of hydrogen-bond acceptors (Lipinski definition) is 5. The highest BCUT2D eigenvalue weighted by atomic mass is 35.5. The Balaban J connectivity index is 1.97. The molecule has 0 fully saturated rings. The maximum Gasteiger partial charge on any atom is 0.271 e. The Kier molecular flexibility index (Phi) is 5.92. The van der Waals surface area contributed by atoms with Gasteiger partial charge in [0.1, 0.15) is 12.2 Å². The van der Waals surface area contributed by atoms with Crippen molar-refractivity contribution in [1.29, 1.82) is 0 Å². The van der Waals surface area contributed by atoms with Gasteiger partial charge in [0.2, 0.25) is 5.88 Å². The maximum absolute atomic E-state index is 12.2. The normalized spacial score (nSPS) is 10.8. The third kappa shape index (κ3) is 4.41. The van der Waals surface area contributed by atoms with Crippen molar-refractivity contribution in [3.63, 3.8) is 0 Å². The minimum absolute atomic E-state index is 0.156. The lowest BCUT2D eigenvalue weighted by molar-refractivity contribution is 0.0948. The van der Waals surface area contributed by atoms with Gasteiger partial charge in [-0.1, -0.05) is 11.6 Å². The summed E-state index contributed by atoms with van der Waals surface area (Å²) in [5.41, 5.74) is 0.156. The van der Waals surface area contributed by atoms with Gasteiger partial charge in [-0.05, 0) is 26.8 Å². The molecule has 2 aromatic heterocycles. The maximum atomic E-state index is 12.2. The van der Waals surface area contributed by atoms with Crippen LogP contribution in [0.25, 0.3) is 0 Å². The van der Waals surface area contributed by atoms with E-state index in [1.807, 2.05) is 25.3 Å². The Morgan fingerprint density at radius 1 is 1.43 bits per heavy atom.